The summed E-state index contributed by atoms with van der Waals surface area (Å²) < 4.78 is 36.7. The summed E-state index contributed by atoms with van der Waals surface area (Å²) in [5, 5.41) is -0.314. The number of halogens is 4. The summed E-state index contributed by atoms with van der Waals surface area (Å²) in [6, 6.07) is 0. The van der Waals surface area contributed by atoms with E-state index < -0.39 is 17.5 Å². The second-order valence-electron chi connectivity index (χ2n) is 2.92. The van der Waals surface area contributed by atoms with Gasteiger partial charge in [0.15, 0.2) is 0 Å². The summed E-state index contributed by atoms with van der Waals surface area (Å²) in [5.74, 6) is -1.98. The van der Waals surface area contributed by atoms with Crippen molar-refractivity contribution >= 4 is 28.4 Å². The second-order valence-corrected chi connectivity index (χ2v) is 3.28. The number of Topliss-reactive ketones (excluding diaryl/α,β-unsaturated/α-hetero) is 1. The SMILES string of the molecule is O=C(c1c[nH]c2ncnc(Cl)c12)C(F)(F)F. The van der Waals surface area contributed by atoms with E-state index in [9.17, 15) is 18.0 Å². The maximum atomic E-state index is 12.2. The molecule has 16 heavy (non-hydrogen) atoms. The van der Waals surface area contributed by atoms with Gasteiger partial charge < -0.3 is 4.98 Å². The van der Waals surface area contributed by atoms with Crippen molar-refractivity contribution in [2.75, 3.05) is 0 Å². The van der Waals surface area contributed by atoms with E-state index in [0.29, 0.717) is 0 Å². The van der Waals surface area contributed by atoms with E-state index in [1.807, 2.05) is 0 Å². The Labute approximate surface area is 91.5 Å². The predicted octanol–water partition coefficient (Wildman–Crippen LogP) is 2.36. The van der Waals surface area contributed by atoms with Gasteiger partial charge in [0.05, 0.1) is 10.9 Å². The molecule has 0 aliphatic rings. The highest BCUT2D eigenvalue weighted by molar-refractivity contribution is 6.35. The molecule has 2 heterocycles. The van der Waals surface area contributed by atoms with Gasteiger partial charge in [-0.15, -0.1) is 0 Å². The first-order chi connectivity index (χ1) is 7.41. The van der Waals surface area contributed by atoms with Gasteiger partial charge in [0.25, 0.3) is 5.78 Å². The molecule has 0 fully saturated rings. The van der Waals surface area contributed by atoms with Crippen LogP contribution in [0.4, 0.5) is 13.2 Å². The predicted molar refractivity (Wildman–Crippen MR) is 49.3 cm³/mol. The van der Waals surface area contributed by atoms with Crippen molar-refractivity contribution in [1.29, 1.82) is 0 Å². The number of alkyl halides is 3. The van der Waals surface area contributed by atoms with Crippen LogP contribution in [0.2, 0.25) is 5.15 Å². The Hall–Kier alpha value is -1.63. The Morgan fingerprint density at radius 1 is 1.38 bits per heavy atom. The Kier molecular flexibility index (Phi) is 2.34. The number of ketones is 1. The topological polar surface area (TPSA) is 58.6 Å². The van der Waals surface area contributed by atoms with Crippen LogP contribution in [-0.2, 0) is 0 Å². The van der Waals surface area contributed by atoms with Crippen LogP contribution in [-0.4, -0.2) is 26.9 Å². The van der Waals surface area contributed by atoms with Crippen LogP contribution in [0.3, 0.4) is 0 Å². The maximum absolute atomic E-state index is 12.2. The first-order valence-corrected chi connectivity index (χ1v) is 4.38. The second kappa shape index (κ2) is 3.44. The van der Waals surface area contributed by atoms with Crippen molar-refractivity contribution in [3.63, 3.8) is 0 Å². The summed E-state index contributed by atoms with van der Waals surface area (Å²) in [4.78, 5) is 20.6. The van der Waals surface area contributed by atoms with Gasteiger partial charge in [-0.1, -0.05) is 11.6 Å². The Morgan fingerprint density at radius 3 is 2.69 bits per heavy atom. The third kappa shape index (κ3) is 1.63. The van der Waals surface area contributed by atoms with Gasteiger partial charge in [0.1, 0.15) is 17.1 Å². The largest absolute Gasteiger partial charge is 0.454 e. The minimum Gasteiger partial charge on any atom is -0.345 e. The van der Waals surface area contributed by atoms with Crippen LogP contribution in [0.1, 0.15) is 10.4 Å². The molecule has 2 aromatic heterocycles. The first kappa shape index (κ1) is 10.9. The number of nitrogens with zero attached hydrogens (tertiary/aromatic N) is 2. The lowest BCUT2D eigenvalue weighted by molar-refractivity contribution is -0.0884. The van der Waals surface area contributed by atoms with E-state index in [-0.39, 0.29) is 16.2 Å². The lowest BCUT2D eigenvalue weighted by Crippen LogP contribution is -2.22. The smallest absolute Gasteiger partial charge is 0.345 e. The molecule has 0 saturated carbocycles. The molecule has 2 aromatic rings. The number of H-pyrrole nitrogens is 1. The van der Waals surface area contributed by atoms with Crippen molar-refractivity contribution in [1.82, 2.24) is 15.0 Å². The van der Waals surface area contributed by atoms with E-state index in [0.717, 1.165) is 12.5 Å². The first-order valence-electron chi connectivity index (χ1n) is 4.00. The number of hydrogen-bond acceptors (Lipinski definition) is 3. The monoisotopic (exact) mass is 249 g/mol. The van der Waals surface area contributed by atoms with E-state index in [1.54, 1.807) is 0 Å². The van der Waals surface area contributed by atoms with Crippen LogP contribution in [0.15, 0.2) is 12.5 Å². The van der Waals surface area contributed by atoms with E-state index in [4.69, 9.17) is 11.6 Å². The molecule has 84 valence electrons. The zero-order valence-corrected chi connectivity index (χ0v) is 8.23. The van der Waals surface area contributed by atoms with Crippen LogP contribution >= 0.6 is 11.6 Å². The Bertz CT molecular complexity index is 563. The van der Waals surface area contributed by atoms with Crippen LogP contribution < -0.4 is 0 Å². The fraction of sp³-hybridized carbons (Fsp3) is 0.125. The average Bonchev–Trinajstić information content (AvgIpc) is 2.60. The van der Waals surface area contributed by atoms with Crippen molar-refractivity contribution in [3.8, 4) is 0 Å². The third-order valence-corrected chi connectivity index (χ3v) is 2.21. The molecule has 1 N–H and O–H groups in total. The van der Waals surface area contributed by atoms with Crippen LogP contribution in [0, 0.1) is 0 Å². The number of rotatable bonds is 1. The van der Waals surface area contributed by atoms with Crippen molar-refractivity contribution in [3.05, 3.63) is 23.2 Å². The molecular formula is C8H3ClF3N3O. The molecule has 0 unspecified atom stereocenters. The fourth-order valence-corrected chi connectivity index (χ4v) is 1.49. The highest BCUT2D eigenvalue weighted by Gasteiger charge is 2.41. The van der Waals surface area contributed by atoms with Crippen molar-refractivity contribution in [2.24, 2.45) is 0 Å². The summed E-state index contributed by atoms with van der Waals surface area (Å²) in [5.41, 5.74) is -0.485. The van der Waals surface area contributed by atoms with Gasteiger partial charge in [0.2, 0.25) is 0 Å². The summed E-state index contributed by atoms with van der Waals surface area (Å²) in [6.07, 6.45) is -2.95. The number of carbonyl (C=O) groups is 1. The van der Waals surface area contributed by atoms with E-state index in [2.05, 4.69) is 15.0 Å². The molecule has 0 aliphatic carbocycles. The van der Waals surface area contributed by atoms with E-state index in [1.165, 1.54) is 0 Å². The highest BCUT2D eigenvalue weighted by Crippen LogP contribution is 2.29. The standard InChI is InChI=1S/C8H3ClF3N3O/c9-6-4-3(5(16)8(10,11)12)1-13-7(4)15-2-14-6/h1-2H,(H,13,14,15). The minimum absolute atomic E-state index is 0.0904. The molecule has 2 rings (SSSR count). The maximum Gasteiger partial charge on any atom is 0.454 e. The minimum atomic E-state index is -4.95. The number of hydrogen-bond donors (Lipinski definition) is 1. The zero-order valence-electron chi connectivity index (χ0n) is 7.47. The summed E-state index contributed by atoms with van der Waals surface area (Å²) in [6.45, 7) is 0. The molecule has 0 aliphatic heterocycles. The van der Waals surface area contributed by atoms with E-state index >= 15 is 0 Å². The van der Waals surface area contributed by atoms with Gasteiger partial charge in [-0.3, -0.25) is 4.79 Å². The van der Waals surface area contributed by atoms with Gasteiger partial charge in [-0.05, 0) is 0 Å². The van der Waals surface area contributed by atoms with Gasteiger partial charge in [-0.25, -0.2) is 9.97 Å². The molecule has 0 radical (unpaired) electrons. The Morgan fingerprint density at radius 2 is 2.06 bits per heavy atom. The number of fused-ring (bicyclic) bond motifs is 1. The molecule has 0 spiro atoms. The van der Waals surface area contributed by atoms with Crippen molar-refractivity contribution < 1.29 is 18.0 Å². The molecule has 4 nitrogen and oxygen atoms in total. The number of aromatic nitrogens is 3. The molecular weight excluding hydrogens is 247 g/mol. The van der Waals surface area contributed by atoms with Crippen molar-refractivity contribution in [2.45, 2.75) is 6.18 Å². The fourth-order valence-electron chi connectivity index (χ4n) is 1.26. The average molecular weight is 250 g/mol. The normalized spacial score (nSPS) is 12.0. The third-order valence-electron chi connectivity index (χ3n) is 1.93. The number of nitrogens with one attached hydrogen (secondary N) is 1. The molecule has 0 aromatic carbocycles. The van der Waals surface area contributed by atoms with Gasteiger partial charge in [-0.2, -0.15) is 13.2 Å². The number of aromatic amines is 1. The summed E-state index contributed by atoms with van der Waals surface area (Å²) >= 11 is 5.61. The molecule has 0 saturated heterocycles. The lowest BCUT2D eigenvalue weighted by Gasteiger charge is -2.03. The molecule has 8 heteroatoms. The zero-order chi connectivity index (χ0) is 11.9. The quantitative estimate of drug-likeness (QED) is 0.623. The Balaban J connectivity index is 2.67. The summed E-state index contributed by atoms with van der Waals surface area (Å²) in [7, 11) is 0. The number of carbonyl (C=O) groups excluding carboxylic acids is 1. The molecule has 0 amide bonds. The van der Waals surface area contributed by atoms with Crippen LogP contribution in [0.25, 0.3) is 11.0 Å². The highest BCUT2D eigenvalue weighted by atomic mass is 35.5. The molecule has 0 bridgehead atoms. The van der Waals surface area contributed by atoms with Gasteiger partial charge >= 0.3 is 6.18 Å². The van der Waals surface area contributed by atoms with Gasteiger partial charge in [0, 0.05) is 6.20 Å². The van der Waals surface area contributed by atoms with Crippen LogP contribution in [0.5, 0.6) is 0 Å². The molecule has 0 atom stereocenters. The lowest BCUT2D eigenvalue weighted by atomic mass is 10.1.